The van der Waals surface area contributed by atoms with E-state index < -0.39 is 0 Å². The average molecular weight is 457 g/mol. The zero-order valence-corrected chi connectivity index (χ0v) is 23.0. The molecular weight excluding hydrogens is 404 g/mol. The van der Waals surface area contributed by atoms with Crippen LogP contribution < -0.4 is 0 Å². The maximum atomic E-state index is 5.72. The van der Waals surface area contributed by atoms with Gasteiger partial charge in [-0.25, -0.2) is 0 Å². The number of hydrogen-bond acceptors (Lipinski definition) is 2. The Labute approximate surface area is 205 Å². The monoisotopic (exact) mass is 456 g/mol. The highest BCUT2D eigenvalue weighted by Gasteiger charge is 2.51. The van der Waals surface area contributed by atoms with Gasteiger partial charge in [0.15, 0.2) is 0 Å². The van der Waals surface area contributed by atoms with Crippen LogP contribution in [0.1, 0.15) is 99.3 Å². The summed E-state index contributed by atoms with van der Waals surface area (Å²) in [6.07, 6.45) is 16.6. The summed E-state index contributed by atoms with van der Waals surface area (Å²) in [5.74, 6) is 3.66. The van der Waals surface area contributed by atoms with Crippen LogP contribution in [0.4, 0.5) is 0 Å². The highest BCUT2D eigenvalue weighted by Crippen LogP contribution is 2.60. The van der Waals surface area contributed by atoms with Crippen molar-refractivity contribution in [1.29, 1.82) is 0 Å². The van der Waals surface area contributed by atoms with Gasteiger partial charge in [-0.3, -0.25) is 0 Å². The Kier molecular flexibility index (Phi) is 8.76. The van der Waals surface area contributed by atoms with Crippen LogP contribution in [0.25, 0.3) is 0 Å². The van der Waals surface area contributed by atoms with Gasteiger partial charge in [0.2, 0.25) is 0 Å². The molecule has 2 nitrogen and oxygen atoms in total. The highest BCUT2D eigenvalue weighted by atomic mass is 16.5. The van der Waals surface area contributed by atoms with Crippen molar-refractivity contribution in [3.8, 4) is 0 Å². The minimum absolute atomic E-state index is 0.00482. The molecule has 0 heterocycles. The van der Waals surface area contributed by atoms with Crippen LogP contribution in [0.5, 0.6) is 0 Å². The summed E-state index contributed by atoms with van der Waals surface area (Å²) in [6.45, 7) is 18.7. The van der Waals surface area contributed by atoms with Crippen LogP contribution in [0.2, 0.25) is 0 Å². The number of ether oxygens (including phenoxy) is 2. The molecule has 3 saturated carbocycles. The lowest BCUT2D eigenvalue weighted by molar-refractivity contribution is 0.00451. The van der Waals surface area contributed by atoms with Gasteiger partial charge in [-0.2, -0.15) is 0 Å². The van der Waals surface area contributed by atoms with Crippen molar-refractivity contribution < 1.29 is 9.47 Å². The first-order valence-corrected chi connectivity index (χ1v) is 13.7. The lowest BCUT2D eigenvalue weighted by Gasteiger charge is -2.45. The van der Waals surface area contributed by atoms with Gasteiger partial charge in [-0.15, -0.1) is 0 Å². The molecule has 2 unspecified atom stereocenters. The smallest absolute Gasteiger partial charge is 0.0818 e. The Bertz CT molecular complexity index is 744. The summed E-state index contributed by atoms with van der Waals surface area (Å²) in [5, 5.41) is 0. The number of fused-ring (bicyclic) bond motifs is 1. The first-order valence-electron chi connectivity index (χ1n) is 13.7. The van der Waals surface area contributed by atoms with E-state index in [1.54, 1.807) is 11.1 Å². The van der Waals surface area contributed by atoms with E-state index in [2.05, 4.69) is 60.3 Å². The third-order valence-electron chi connectivity index (χ3n) is 10.2. The van der Waals surface area contributed by atoms with E-state index in [1.165, 1.54) is 44.1 Å². The second-order valence-corrected chi connectivity index (χ2v) is 12.6. The maximum absolute atomic E-state index is 5.72. The van der Waals surface area contributed by atoms with Crippen LogP contribution >= 0.6 is 0 Å². The molecule has 33 heavy (non-hydrogen) atoms. The lowest BCUT2D eigenvalue weighted by atomic mass is 9.59. The Balaban J connectivity index is 1.70. The van der Waals surface area contributed by atoms with E-state index in [9.17, 15) is 0 Å². The van der Waals surface area contributed by atoms with Crippen molar-refractivity contribution in [2.24, 2.45) is 35.0 Å². The SMILES string of the molecule is C=C1[C@H](C)C/C(=C/C=C2\CCC[C@@]3(C)C2CCC3[C@H](C)[C@@H](C)CCC(C)(C)OC)C[C@H]1OC. The van der Waals surface area contributed by atoms with E-state index in [-0.39, 0.29) is 11.7 Å². The summed E-state index contributed by atoms with van der Waals surface area (Å²) in [5.41, 5.74) is 5.00. The van der Waals surface area contributed by atoms with E-state index in [0.717, 1.165) is 42.9 Å². The molecule has 3 rings (SSSR count). The van der Waals surface area contributed by atoms with Crippen LogP contribution in [0.3, 0.4) is 0 Å². The van der Waals surface area contributed by atoms with Crippen LogP contribution in [-0.4, -0.2) is 25.9 Å². The van der Waals surface area contributed by atoms with Gasteiger partial charge in [0, 0.05) is 14.2 Å². The molecule has 7 atom stereocenters. The summed E-state index contributed by atoms with van der Waals surface area (Å²) in [4.78, 5) is 0. The van der Waals surface area contributed by atoms with Crippen molar-refractivity contribution in [3.05, 3.63) is 35.5 Å². The Morgan fingerprint density at radius 2 is 1.88 bits per heavy atom. The van der Waals surface area contributed by atoms with Crippen LogP contribution in [-0.2, 0) is 9.47 Å². The van der Waals surface area contributed by atoms with Gasteiger partial charge >= 0.3 is 0 Å². The first kappa shape index (κ1) is 26.7. The zero-order chi connectivity index (χ0) is 24.4. The summed E-state index contributed by atoms with van der Waals surface area (Å²) in [7, 11) is 3.68. The molecule has 0 amide bonds. The molecule has 0 radical (unpaired) electrons. The third-order valence-corrected chi connectivity index (χ3v) is 10.2. The number of rotatable bonds is 8. The zero-order valence-electron chi connectivity index (χ0n) is 23.0. The summed E-state index contributed by atoms with van der Waals surface area (Å²) >= 11 is 0. The van der Waals surface area contributed by atoms with Gasteiger partial charge in [0.25, 0.3) is 0 Å². The number of allylic oxidation sites excluding steroid dienone is 3. The van der Waals surface area contributed by atoms with Gasteiger partial charge in [0.1, 0.15) is 0 Å². The number of hydrogen-bond donors (Lipinski definition) is 0. The predicted molar refractivity (Wildman–Crippen MR) is 141 cm³/mol. The molecule has 0 N–H and O–H groups in total. The van der Waals surface area contributed by atoms with Crippen LogP contribution in [0.15, 0.2) is 35.5 Å². The minimum Gasteiger partial charge on any atom is -0.379 e. The van der Waals surface area contributed by atoms with Crippen molar-refractivity contribution in [1.82, 2.24) is 0 Å². The second kappa shape index (κ2) is 10.8. The van der Waals surface area contributed by atoms with Gasteiger partial charge in [0.05, 0.1) is 11.7 Å². The molecule has 0 aromatic rings. The molecule has 3 aliphatic carbocycles. The van der Waals surface area contributed by atoms with Crippen molar-refractivity contribution in [2.45, 2.75) is 111 Å². The topological polar surface area (TPSA) is 18.5 Å². The largest absolute Gasteiger partial charge is 0.379 e. The molecule has 0 aromatic carbocycles. The second-order valence-electron chi connectivity index (χ2n) is 12.6. The Hall–Kier alpha value is -0.860. The van der Waals surface area contributed by atoms with Gasteiger partial charge in [-0.05, 0) is 112 Å². The van der Waals surface area contributed by atoms with Crippen molar-refractivity contribution >= 4 is 0 Å². The molecular formula is C31H52O2. The van der Waals surface area contributed by atoms with Crippen LogP contribution in [0, 0.1) is 35.0 Å². The Morgan fingerprint density at radius 1 is 1.15 bits per heavy atom. The lowest BCUT2D eigenvalue weighted by Crippen LogP contribution is -2.37. The molecule has 0 saturated heterocycles. The molecule has 2 heteroatoms. The fourth-order valence-corrected chi connectivity index (χ4v) is 7.37. The minimum atomic E-state index is -0.00482. The quantitative estimate of drug-likeness (QED) is 0.341. The molecule has 188 valence electrons. The average Bonchev–Trinajstić information content (AvgIpc) is 3.15. The highest BCUT2D eigenvalue weighted by molar-refractivity contribution is 5.29. The van der Waals surface area contributed by atoms with E-state index >= 15 is 0 Å². The molecule has 0 aromatic heterocycles. The normalized spacial score (nSPS) is 37.4. The van der Waals surface area contributed by atoms with Crippen molar-refractivity contribution in [2.75, 3.05) is 14.2 Å². The van der Waals surface area contributed by atoms with Gasteiger partial charge in [-0.1, -0.05) is 57.6 Å². The first-order chi connectivity index (χ1) is 15.5. The molecule has 0 bridgehead atoms. The van der Waals surface area contributed by atoms with Gasteiger partial charge < -0.3 is 9.47 Å². The fourth-order valence-electron chi connectivity index (χ4n) is 7.37. The molecule has 3 fully saturated rings. The summed E-state index contributed by atoms with van der Waals surface area (Å²) < 4.78 is 11.4. The third kappa shape index (κ3) is 5.87. The van der Waals surface area contributed by atoms with E-state index in [0.29, 0.717) is 11.3 Å². The standard InChI is InChI=1S/C31H52O2/c1-21(16-18-30(5,6)33-9)23(3)27-14-15-28-26(11-10-17-31(27,28)7)13-12-25-19-22(2)24(4)29(20-25)32-8/h12-13,21-23,27-29H,4,10-11,14-20H2,1-3,5-9H3/b25-12-,26-13+/t21-,22+,23+,27?,28?,29+,31+/m0/s1. The molecule has 0 spiro atoms. The molecule has 3 aliphatic rings. The Morgan fingerprint density at radius 3 is 2.55 bits per heavy atom. The molecule has 0 aliphatic heterocycles. The summed E-state index contributed by atoms with van der Waals surface area (Å²) in [6, 6.07) is 0. The fraction of sp³-hybridized carbons (Fsp3) is 0.806. The van der Waals surface area contributed by atoms with E-state index in [1.807, 2.05) is 14.2 Å². The van der Waals surface area contributed by atoms with Crippen molar-refractivity contribution in [3.63, 3.8) is 0 Å². The number of methoxy groups -OCH3 is 2. The maximum Gasteiger partial charge on any atom is 0.0818 e. The predicted octanol–water partition coefficient (Wildman–Crippen LogP) is 8.53. The van der Waals surface area contributed by atoms with E-state index in [4.69, 9.17) is 9.47 Å².